The molecule has 39 heavy (non-hydrogen) atoms. The van der Waals surface area contributed by atoms with E-state index in [4.69, 9.17) is 9.72 Å². The molecular formula is C29H38N8O2. The Bertz CT molecular complexity index is 1320. The molecule has 0 fully saturated rings. The third-order valence-electron chi connectivity index (χ3n) is 6.27. The molecule has 0 bridgehead atoms. The van der Waals surface area contributed by atoms with Gasteiger partial charge in [-0.15, -0.1) is 0 Å². The smallest absolute Gasteiger partial charge is 0.247 e. The third kappa shape index (κ3) is 7.32. The minimum Gasteiger partial charge on any atom is -0.494 e. The first kappa shape index (κ1) is 29.1. The van der Waals surface area contributed by atoms with Crippen molar-refractivity contribution < 1.29 is 9.53 Å². The third-order valence-corrected chi connectivity index (χ3v) is 6.27. The van der Waals surface area contributed by atoms with Crippen LogP contribution in [0.1, 0.15) is 12.5 Å². The summed E-state index contributed by atoms with van der Waals surface area (Å²) in [5.74, 6) is 1.47. The van der Waals surface area contributed by atoms with E-state index in [-0.39, 0.29) is 5.91 Å². The number of aromatic nitrogens is 3. The number of methoxy groups -OCH3 is 1. The molecule has 2 heterocycles. The molecule has 2 N–H and O–H groups in total. The summed E-state index contributed by atoms with van der Waals surface area (Å²) in [4.78, 5) is 32.2. The molecule has 0 atom stereocenters. The molecule has 0 radical (unpaired) electrons. The molecule has 0 saturated heterocycles. The molecule has 0 aliphatic rings. The van der Waals surface area contributed by atoms with Crippen molar-refractivity contribution in [2.24, 2.45) is 0 Å². The molecule has 0 unspecified atom stereocenters. The van der Waals surface area contributed by atoms with E-state index in [1.165, 1.54) is 6.08 Å². The lowest BCUT2D eigenvalue weighted by Gasteiger charge is -2.26. The molecule has 3 rings (SSSR count). The van der Waals surface area contributed by atoms with Crippen molar-refractivity contribution >= 4 is 40.8 Å². The van der Waals surface area contributed by atoms with Gasteiger partial charge in [-0.2, -0.15) is 0 Å². The summed E-state index contributed by atoms with van der Waals surface area (Å²) in [5, 5.41) is 6.16. The lowest BCUT2D eigenvalue weighted by molar-refractivity contribution is -0.111. The maximum Gasteiger partial charge on any atom is 0.247 e. The summed E-state index contributed by atoms with van der Waals surface area (Å²) in [6.45, 7) is 12.2. The van der Waals surface area contributed by atoms with Crippen LogP contribution in [0, 0.1) is 0 Å². The molecule has 2 aromatic heterocycles. The van der Waals surface area contributed by atoms with Crippen LogP contribution in [0.3, 0.4) is 0 Å². The molecule has 1 amide bonds. The van der Waals surface area contributed by atoms with Gasteiger partial charge < -0.3 is 30.1 Å². The van der Waals surface area contributed by atoms with Crippen molar-refractivity contribution in [1.82, 2.24) is 19.9 Å². The number of ether oxygens (including phenoxy) is 1. The lowest BCUT2D eigenvalue weighted by atomic mass is 10.1. The van der Waals surface area contributed by atoms with E-state index in [2.05, 4.69) is 57.5 Å². The Hall–Kier alpha value is -4.44. The highest BCUT2D eigenvalue weighted by molar-refractivity contribution is 6.02. The van der Waals surface area contributed by atoms with Gasteiger partial charge >= 0.3 is 0 Å². The Morgan fingerprint density at radius 3 is 2.49 bits per heavy atom. The van der Waals surface area contributed by atoms with Crippen LogP contribution >= 0.6 is 0 Å². The van der Waals surface area contributed by atoms with E-state index in [1.807, 2.05) is 50.3 Å². The predicted molar refractivity (Wildman–Crippen MR) is 161 cm³/mol. The number of pyridine rings is 1. The molecule has 3 aromatic rings. The van der Waals surface area contributed by atoms with Gasteiger partial charge in [0.1, 0.15) is 11.6 Å². The molecular weight excluding hydrogens is 492 g/mol. The SMILES string of the molecule is C=CC(=O)Nc1cc(Nc2nccc(-c3cnc(N(C)C)c(C=C)c3)n2)c(OC)cc1N(C)CCN(C)CC. The molecule has 0 aliphatic heterocycles. The first-order chi connectivity index (χ1) is 18.7. The van der Waals surface area contributed by atoms with Crippen molar-refractivity contribution in [3.8, 4) is 17.0 Å². The quantitative estimate of drug-likeness (QED) is 0.309. The Morgan fingerprint density at radius 2 is 1.85 bits per heavy atom. The van der Waals surface area contributed by atoms with Gasteiger partial charge in [-0.05, 0) is 37.9 Å². The van der Waals surface area contributed by atoms with Gasteiger partial charge in [-0.25, -0.2) is 15.0 Å². The maximum atomic E-state index is 12.3. The standard InChI is InChI=1S/C29H38N8O2/c1-9-20-16-21(19-31-28(20)35(4)5)22-12-13-30-29(33-22)34-24-17-23(32-27(38)10-2)25(18-26(24)39-8)37(7)15-14-36(6)11-3/h9-10,12-13,16-19H,1-2,11,14-15H2,3-8H3,(H,32,38)(H,30,33,34). The molecule has 0 aliphatic carbocycles. The predicted octanol–water partition coefficient (Wildman–Crippen LogP) is 4.51. The normalized spacial score (nSPS) is 10.6. The number of carbonyl (C=O) groups excluding carboxylic acids is 1. The average Bonchev–Trinajstić information content (AvgIpc) is 2.95. The number of amides is 1. The Labute approximate surface area is 231 Å². The van der Waals surface area contributed by atoms with E-state index in [9.17, 15) is 4.79 Å². The van der Waals surface area contributed by atoms with Crippen molar-refractivity contribution in [2.45, 2.75) is 6.92 Å². The minimum atomic E-state index is -0.309. The summed E-state index contributed by atoms with van der Waals surface area (Å²) in [5.41, 5.74) is 4.46. The number of anilines is 5. The summed E-state index contributed by atoms with van der Waals surface area (Å²) in [6.07, 6.45) is 6.47. The lowest BCUT2D eigenvalue weighted by Crippen LogP contribution is -2.31. The number of hydrogen-bond donors (Lipinski definition) is 2. The maximum absolute atomic E-state index is 12.3. The Balaban J connectivity index is 1.97. The molecule has 10 nitrogen and oxygen atoms in total. The van der Waals surface area contributed by atoms with Crippen LogP contribution in [0.25, 0.3) is 17.3 Å². The van der Waals surface area contributed by atoms with Gasteiger partial charge in [0.25, 0.3) is 0 Å². The number of likely N-dealkylation sites (N-methyl/N-ethyl adjacent to an activating group) is 2. The van der Waals surface area contributed by atoms with Crippen LogP contribution in [-0.4, -0.2) is 80.7 Å². The van der Waals surface area contributed by atoms with Gasteiger partial charge in [0.2, 0.25) is 11.9 Å². The Kier molecular flexibility index (Phi) is 9.99. The summed E-state index contributed by atoms with van der Waals surface area (Å²) >= 11 is 0. The second kappa shape index (κ2) is 13.4. The number of hydrogen-bond acceptors (Lipinski definition) is 9. The van der Waals surface area contributed by atoms with Crippen LogP contribution in [0.2, 0.25) is 0 Å². The van der Waals surface area contributed by atoms with Crippen LogP contribution in [0.5, 0.6) is 5.75 Å². The topological polar surface area (TPSA) is 98.7 Å². The molecule has 206 valence electrons. The van der Waals surface area contributed by atoms with E-state index < -0.39 is 0 Å². The van der Waals surface area contributed by atoms with Crippen LogP contribution in [-0.2, 0) is 4.79 Å². The van der Waals surface area contributed by atoms with Crippen molar-refractivity contribution in [3.63, 3.8) is 0 Å². The summed E-state index contributed by atoms with van der Waals surface area (Å²) in [6, 6.07) is 7.51. The fourth-order valence-corrected chi connectivity index (χ4v) is 3.87. The van der Waals surface area contributed by atoms with Crippen molar-refractivity contribution in [3.05, 3.63) is 61.5 Å². The minimum absolute atomic E-state index is 0.309. The summed E-state index contributed by atoms with van der Waals surface area (Å²) in [7, 11) is 9.53. The molecule has 1 aromatic carbocycles. The van der Waals surface area contributed by atoms with Gasteiger partial charge in [-0.3, -0.25) is 4.79 Å². The highest BCUT2D eigenvalue weighted by atomic mass is 16.5. The van der Waals surface area contributed by atoms with Crippen molar-refractivity contribution in [2.75, 3.05) is 75.4 Å². The monoisotopic (exact) mass is 530 g/mol. The van der Waals surface area contributed by atoms with Crippen LogP contribution < -0.4 is 25.2 Å². The van der Waals surface area contributed by atoms with Crippen LogP contribution in [0.4, 0.5) is 28.8 Å². The van der Waals surface area contributed by atoms with E-state index in [0.29, 0.717) is 28.8 Å². The summed E-state index contributed by atoms with van der Waals surface area (Å²) < 4.78 is 5.71. The zero-order valence-corrected chi connectivity index (χ0v) is 23.7. The Morgan fingerprint density at radius 1 is 1.08 bits per heavy atom. The largest absolute Gasteiger partial charge is 0.494 e. The number of nitrogens with one attached hydrogen (secondary N) is 2. The second-order valence-corrected chi connectivity index (χ2v) is 9.21. The molecule has 10 heteroatoms. The van der Waals surface area contributed by atoms with E-state index in [0.717, 1.165) is 42.3 Å². The fourth-order valence-electron chi connectivity index (χ4n) is 3.87. The highest BCUT2D eigenvalue weighted by Gasteiger charge is 2.17. The zero-order valence-electron chi connectivity index (χ0n) is 23.7. The van der Waals surface area contributed by atoms with Gasteiger partial charge in [0.15, 0.2) is 0 Å². The first-order valence-electron chi connectivity index (χ1n) is 12.7. The number of benzene rings is 1. The highest BCUT2D eigenvalue weighted by Crippen LogP contribution is 2.38. The van der Waals surface area contributed by atoms with E-state index >= 15 is 0 Å². The number of rotatable bonds is 13. The van der Waals surface area contributed by atoms with E-state index in [1.54, 1.807) is 25.6 Å². The van der Waals surface area contributed by atoms with Crippen LogP contribution in [0.15, 0.2) is 55.9 Å². The number of nitrogens with zero attached hydrogens (tertiary/aromatic N) is 6. The fraction of sp³-hybridized carbons (Fsp3) is 0.310. The molecule has 0 saturated carbocycles. The number of carbonyl (C=O) groups is 1. The van der Waals surface area contributed by atoms with Gasteiger partial charge in [0.05, 0.1) is 29.9 Å². The zero-order chi connectivity index (χ0) is 28.5. The first-order valence-corrected chi connectivity index (χ1v) is 12.7. The van der Waals surface area contributed by atoms with Crippen molar-refractivity contribution in [1.29, 1.82) is 0 Å². The van der Waals surface area contributed by atoms with Gasteiger partial charge in [-0.1, -0.05) is 26.2 Å². The molecule has 0 spiro atoms. The second-order valence-electron chi connectivity index (χ2n) is 9.21. The van der Waals surface area contributed by atoms with Gasteiger partial charge in [0, 0.05) is 63.8 Å². The average molecular weight is 531 g/mol.